The van der Waals surface area contributed by atoms with E-state index in [1.54, 1.807) is 44.4 Å². The van der Waals surface area contributed by atoms with Crippen LogP contribution in [0.15, 0.2) is 88.6 Å². The molecule has 0 bridgehead atoms. The van der Waals surface area contributed by atoms with Gasteiger partial charge in [0.25, 0.3) is 33.7 Å². The number of ether oxygens (including phenoxy) is 3. The highest BCUT2D eigenvalue weighted by Crippen LogP contribution is 2.37. The average Bonchev–Trinajstić information content (AvgIpc) is 3.65. The summed E-state index contributed by atoms with van der Waals surface area (Å²) < 4.78 is 50.6. The standard InChI is InChI=1S/C44H45N7O12S/c1-4-20-61-27-11-8-12-28(22-27)63-36-24-34-33(49(2)44(58)50(34)3)23-31(36)48-64(59,60)29-13-7-10-26(21-29)40(54)46-19-6-5-18-45-38(53)25-62-35-15-9-14-30-39(35)43(57)51(42(30)56)32-16-17-37(52)47-41(32)55/h7-15,21-24,32,48H,4-6,16-20,25H2,1-3H3,(H,45,53)(H,46,54)(H,47,52,55). The van der Waals surface area contributed by atoms with Crippen molar-refractivity contribution in [2.45, 2.75) is 50.0 Å². The first kappa shape index (κ1) is 44.6. The van der Waals surface area contributed by atoms with Gasteiger partial charge in [-0.05, 0) is 74.2 Å². The second-order valence-corrected chi connectivity index (χ2v) is 16.7. The summed E-state index contributed by atoms with van der Waals surface area (Å²) in [4.78, 5) is 89.4. The van der Waals surface area contributed by atoms with Crippen LogP contribution in [0.25, 0.3) is 11.0 Å². The quantitative estimate of drug-likeness (QED) is 0.0732. The van der Waals surface area contributed by atoms with Crippen molar-refractivity contribution in [3.63, 3.8) is 0 Å². The number of imidazole rings is 1. The Kier molecular flexibility index (Phi) is 13.1. The van der Waals surface area contributed by atoms with Gasteiger partial charge in [0, 0.05) is 51.3 Å². The van der Waals surface area contributed by atoms with Gasteiger partial charge in [0.05, 0.1) is 39.4 Å². The molecule has 3 heterocycles. The van der Waals surface area contributed by atoms with Gasteiger partial charge < -0.3 is 24.8 Å². The number of benzene rings is 4. The highest BCUT2D eigenvalue weighted by atomic mass is 32.2. The van der Waals surface area contributed by atoms with Crippen molar-refractivity contribution in [3.8, 4) is 23.0 Å². The van der Waals surface area contributed by atoms with E-state index in [0.29, 0.717) is 42.0 Å². The normalized spacial score (nSPS) is 14.9. The first-order valence-corrected chi connectivity index (χ1v) is 21.9. The fraction of sp³-hybridized carbons (Fsp3) is 0.295. The van der Waals surface area contributed by atoms with Gasteiger partial charge in [-0.2, -0.15) is 0 Å². The largest absolute Gasteiger partial charge is 0.493 e. The first-order valence-electron chi connectivity index (χ1n) is 20.4. The highest BCUT2D eigenvalue weighted by Gasteiger charge is 2.46. The number of fused-ring (bicyclic) bond motifs is 2. The van der Waals surface area contributed by atoms with Gasteiger partial charge in [0.15, 0.2) is 12.4 Å². The van der Waals surface area contributed by atoms with E-state index in [0.717, 1.165) is 11.3 Å². The number of nitrogens with one attached hydrogen (secondary N) is 4. The third-order valence-corrected chi connectivity index (χ3v) is 11.9. The molecule has 334 valence electrons. The van der Waals surface area contributed by atoms with Crippen molar-refractivity contribution >= 4 is 62.2 Å². The number of anilines is 1. The summed E-state index contributed by atoms with van der Waals surface area (Å²) in [6.07, 6.45) is 1.68. The Morgan fingerprint density at radius 1 is 0.797 bits per heavy atom. The molecule has 0 spiro atoms. The molecule has 4 N–H and O–H groups in total. The number of rotatable bonds is 18. The molecule has 7 rings (SSSR count). The Labute approximate surface area is 366 Å². The van der Waals surface area contributed by atoms with E-state index < -0.39 is 58.1 Å². The lowest BCUT2D eigenvalue weighted by Gasteiger charge is -2.27. The lowest BCUT2D eigenvalue weighted by Crippen LogP contribution is -2.54. The molecular formula is C44H45N7O12S. The number of unbranched alkanes of at least 4 members (excludes halogenated alkanes) is 1. The lowest BCUT2D eigenvalue weighted by molar-refractivity contribution is -0.136. The number of nitrogens with zero attached hydrogens (tertiary/aromatic N) is 3. The lowest BCUT2D eigenvalue weighted by atomic mass is 10.0. The number of carbonyl (C=O) groups is 6. The van der Waals surface area contributed by atoms with E-state index in [1.165, 1.54) is 57.7 Å². The minimum absolute atomic E-state index is 0.00216. The van der Waals surface area contributed by atoms with Crippen molar-refractivity contribution in [3.05, 3.63) is 106 Å². The van der Waals surface area contributed by atoms with E-state index >= 15 is 0 Å². The van der Waals surface area contributed by atoms with Gasteiger partial charge in [0.1, 0.15) is 23.3 Å². The molecule has 1 saturated heterocycles. The Morgan fingerprint density at radius 3 is 2.25 bits per heavy atom. The molecule has 1 unspecified atom stereocenters. The number of hydrogen-bond acceptors (Lipinski definition) is 12. The molecule has 1 atom stereocenters. The number of piperidine rings is 1. The smallest absolute Gasteiger partial charge is 0.328 e. The molecule has 6 amide bonds. The van der Waals surface area contributed by atoms with Gasteiger partial charge in [-0.1, -0.05) is 25.1 Å². The second kappa shape index (κ2) is 18.9. The van der Waals surface area contributed by atoms with Crippen LogP contribution in [-0.4, -0.2) is 90.2 Å². The Balaban J connectivity index is 0.914. The monoisotopic (exact) mass is 895 g/mol. The number of hydrogen-bond donors (Lipinski definition) is 4. The summed E-state index contributed by atoms with van der Waals surface area (Å²) in [6, 6.07) is 18.6. The molecule has 2 aliphatic heterocycles. The number of aromatic nitrogens is 2. The highest BCUT2D eigenvalue weighted by molar-refractivity contribution is 7.92. The van der Waals surface area contributed by atoms with Gasteiger partial charge >= 0.3 is 5.69 Å². The topological polar surface area (TPSA) is 243 Å². The molecule has 0 radical (unpaired) electrons. The number of sulfonamides is 1. The number of imide groups is 2. The Bertz CT molecular complexity index is 2870. The maximum absolute atomic E-state index is 13.8. The summed E-state index contributed by atoms with van der Waals surface area (Å²) in [5, 5.41) is 7.58. The molecular weight excluding hydrogens is 851 g/mol. The predicted molar refractivity (Wildman–Crippen MR) is 231 cm³/mol. The van der Waals surface area contributed by atoms with Crippen molar-refractivity contribution in [2.24, 2.45) is 14.1 Å². The van der Waals surface area contributed by atoms with E-state index in [4.69, 9.17) is 14.2 Å². The fourth-order valence-corrected chi connectivity index (χ4v) is 8.36. The summed E-state index contributed by atoms with van der Waals surface area (Å²) in [5.74, 6) is -2.67. The summed E-state index contributed by atoms with van der Waals surface area (Å²) in [7, 11) is -1.14. The zero-order chi connectivity index (χ0) is 45.7. The molecule has 4 aromatic carbocycles. The van der Waals surface area contributed by atoms with Crippen LogP contribution in [-0.2, 0) is 38.5 Å². The van der Waals surface area contributed by atoms with Crippen LogP contribution >= 0.6 is 0 Å². The van der Waals surface area contributed by atoms with Crippen LogP contribution in [0, 0.1) is 0 Å². The van der Waals surface area contributed by atoms with Crippen LogP contribution in [0.2, 0.25) is 0 Å². The molecule has 5 aromatic rings. The van der Waals surface area contributed by atoms with Crippen LogP contribution in [0.5, 0.6) is 23.0 Å². The van der Waals surface area contributed by atoms with Crippen LogP contribution in [0.4, 0.5) is 5.69 Å². The average molecular weight is 896 g/mol. The molecule has 0 aliphatic carbocycles. The van der Waals surface area contributed by atoms with Crippen LogP contribution in [0.1, 0.15) is 70.1 Å². The van der Waals surface area contributed by atoms with Gasteiger partial charge in [-0.25, -0.2) is 13.2 Å². The number of amides is 6. The molecule has 19 nitrogen and oxygen atoms in total. The minimum atomic E-state index is -4.31. The molecule has 64 heavy (non-hydrogen) atoms. The van der Waals surface area contributed by atoms with E-state index in [1.807, 2.05) is 6.92 Å². The van der Waals surface area contributed by atoms with Crippen molar-refractivity contribution in [1.29, 1.82) is 0 Å². The summed E-state index contributed by atoms with van der Waals surface area (Å²) in [5.41, 5.74) is 0.718. The van der Waals surface area contributed by atoms with Crippen LogP contribution in [0.3, 0.4) is 0 Å². The van der Waals surface area contributed by atoms with Crippen molar-refractivity contribution < 1.29 is 51.4 Å². The summed E-state index contributed by atoms with van der Waals surface area (Å²) in [6.45, 7) is 2.43. The third-order valence-electron chi connectivity index (χ3n) is 10.5. The third kappa shape index (κ3) is 9.45. The maximum atomic E-state index is 13.8. The number of carbonyl (C=O) groups excluding carboxylic acids is 6. The van der Waals surface area contributed by atoms with Crippen molar-refractivity contribution in [2.75, 3.05) is 31.0 Å². The van der Waals surface area contributed by atoms with E-state index in [-0.39, 0.29) is 70.4 Å². The van der Waals surface area contributed by atoms with E-state index in [2.05, 4.69) is 20.7 Å². The molecule has 20 heteroatoms. The SMILES string of the molecule is CCCOc1cccc(Oc2cc3c(cc2NS(=O)(=O)c2cccc(C(=O)NCCCCNC(=O)COc4cccc5c4C(=O)N(C4CCC(=O)NC4=O)C5=O)c2)n(C)c(=O)n3C)c1. The maximum Gasteiger partial charge on any atom is 0.328 e. The predicted octanol–water partition coefficient (Wildman–Crippen LogP) is 3.37. The molecule has 1 aromatic heterocycles. The fourth-order valence-electron chi connectivity index (χ4n) is 7.25. The molecule has 0 saturated carbocycles. The summed E-state index contributed by atoms with van der Waals surface area (Å²) >= 11 is 0. The van der Waals surface area contributed by atoms with E-state index in [9.17, 15) is 42.0 Å². The first-order chi connectivity index (χ1) is 30.7. The molecule has 1 fully saturated rings. The number of aryl methyl sites for hydroxylation is 2. The van der Waals surface area contributed by atoms with Gasteiger partial charge in [-0.15, -0.1) is 0 Å². The van der Waals surface area contributed by atoms with Gasteiger partial charge in [-0.3, -0.25) is 52.8 Å². The Hall–Kier alpha value is -7.48. The van der Waals surface area contributed by atoms with Crippen molar-refractivity contribution in [1.82, 2.24) is 30.0 Å². The zero-order valence-electron chi connectivity index (χ0n) is 35.1. The van der Waals surface area contributed by atoms with Gasteiger partial charge in [0.2, 0.25) is 11.8 Å². The Morgan fingerprint density at radius 2 is 1.50 bits per heavy atom. The minimum Gasteiger partial charge on any atom is -0.493 e. The zero-order valence-corrected chi connectivity index (χ0v) is 35.9. The molecule has 2 aliphatic rings. The van der Waals surface area contributed by atoms with Crippen LogP contribution < -0.4 is 40.6 Å². The second-order valence-electron chi connectivity index (χ2n) is 15.0.